The number of likely N-dealkylation sites (tertiary alicyclic amines) is 1. The lowest BCUT2D eigenvalue weighted by Crippen LogP contribution is -2.37. The Bertz CT molecular complexity index is 821. The van der Waals surface area contributed by atoms with Crippen LogP contribution in [-0.4, -0.2) is 42.3 Å². The van der Waals surface area contributed by atoms with Gasteiger partial charge in [-0.3, -0.25) is 14.4 Å². The second kappa shape index (κ2) is 9.55. The number of amides is 3. The topological polar surface area (TPSA) is 87.7 Å². The third kappa shape index (κ3) is 5.57. The zero-order valence-electron chi connectivity index (χ0n) is 15.5. The molecule has 0 bridgehead atoms. The van der Waals surface area contributed by atoms with Crippen LogP contribution in [0.1, 0.15) is 19.3 Å². The van der Waals surface area contributed by atoms with Gasteiger partial charge in [0.1, 0.15) is 11.5 Å². The summed E-state index contributed by atoms with van der Waals surface area (Å²) in [5, 5.41) is 5.12. The Kier molecular flexibility index (Phi) is 6.62. The highest BCUT2D eigenvalue weighted by Gasteiger charge is 2.19. The van der Waals surface area contributed by atoms with E-state index in [-0.39, 0.29) is 5.91 Å². The number of carbonyl (C=O) groups excluding carboxylic acids is 3. The fraction of sp³-hybridized carbons (Fsp3) is 0.286. The van der Waals surface area contributed by atoms with Crippen molar-refractivity contribution in [3.8, 4) is 11.5 Å². The summed E-state index contributed by atoms with van der Waals surface area (Å²) in [6.45, 7) is 1.72. The molecule has 2 aromatic carbocycles. The van der Waals surface area contributed by atoms with Crippen LogP contribution in [-0.2, 0) is 14.4 Å². The van der Waals surface area contributed by atoms with Gasteiger partial charge >= 0.3 is 11.8 Å². The van der Waals surface area contributed by atoms with Crippen molar-refractivity contribution in [2.24, 2.45) is 0 Å². The maximum absolute atomic E-state index is 12.0. The molecule has 0 radical (unpaired) electrons. The minimum atomic E-state index is -0.728. The molecule has 1 fully saturated rings. The van der Waals surface area contributed by atoms with Gasteiger partial charge in [0.2, 0.25) is 5.91 Å². The van der Waals surface area contributed by atoms with E-state index in [4.69, 9.17) is 4.74 Å². The van der Waals surface area contributed by atoms with Crippen molar-refractivity contribution in [3.05, 3.63) is 54.6 Å². The van der Waals surface area contributed by atoms with E-state index in [2.05, 4.69) is 10.6 Å². The predicted molar refractivity (Wildman–Crippen MR) is 105 cm³/mol. The van der Waals surface area contributed by atoms with E-state index >= 15 is 0 Å². The summed E-state index contributed by atoms with van der Waals surface area (Å²) in [4.78, 5) is 37.1. The first-order chi connectivity index (χ1) is 13.6. The van der Waals surface area contributed by atoms with Crippen molar-refractivity contribution in [3.63, 3.8) is 0 Å². The molecule has 0 unspecified atom stereocenters. The second-order valence-corrected chi connectivity index (χ2v) is 6.49. The number of carbonyl (C=O) groups is 3. The number of rotatable bonds is 7. The van der Waals surface area contributed by atoms with Gasteiger partial charge in [0, 0.05) is 31.7 Å². The maximum Gasteiger partial charge on any atom is 0.313 e. The third-order valence-electron chi connectivity index (χ3n) is 4.36. The fourth-order valence-electron chi connectivity index (χ4n) is 2.91. The van der Waals surface area contributed by atoms with E-state index in [0.717, 1.165) is 13.0 Å². The molecule has 1 aliphatic heterocycles. The summed E-state index contributed by atoms with van der Waals surface area (Å²) in [5.74, 6) is 0.0782. The first-order valence-electron chi connectivity index (χ1n) is 9.32. The number of para-hydroxylation sites is 1. The van der Waals surface area contributed by atoms with Crippen LogP contribution in [0.25, 0.3) is 0 Å². The Labute approximate surface area is 163 Å². The maximum atomic E-state index is 12.0. The van der Waals surface area contributed by atoms with Gasteiger partial charge in [-0.2, -0.15) is 0 Å². The highest BCUT2D eigenvalue weighted by Crippen LogP contribution is 2.22. The molecule has 0 spiro atoms. The molecule has 0 saturated carbocycles. The van der Waals surface area contributed by atoms with E-state index in [1.807, 2.05) is 30.3 Å². The summed E-state index contributed by atoms with van der Waals surface area (Å²) in [5.41, 5.74) is 0.503. The summed E-state index contributed by atoms with van der Waals surface area (Å²) < 4.78 is 5.68. The normalized spacial score (nSPS) is 13.3. The standard InChI is InChI=1S/C21H23N3O4/c25-19-8-4-14-24(19)15-5-13-22-20(26)21(27)23-16-9-11-18(12-10-16)28-17-6-2-1-3-7-17/h1-3,6-7,9-12H,4-5,8,13-15H2,(H,22,26)(H,23,27). The van der Waals surface area contributed by atoms with Gasteiger partial charge in [0.15, 0.2) is 0 Å². The molecule has 146 valence electrons. The van der Waals surface area contributed by atoms with E-state index in [9.17, 15) is 14.4 Å². The molecule has 2 N–H and O–H groups in total. The monoisotopic (exact) mass is 381 g/mol. The van der Waals surface area contributed by atoms with Crippen molar-refractivity contribution in [2.45, 2.75) is 19.3 Å². The van der Waals surface area contributed by atoms with Crippen LogP contribution in [0.2, 0.25) is 0 Å². The Hall–Kier alpha value is -3.35. The predicted octanol–water partition coefficient (Wildman–Crippen LogP) is 2.55. The van der Waals surface area contributed by atoms with Crippen molar-refractivity contribution in [1.29, 1.82) is 0 Å². The zero-order valence-corrected chi connectivity index (χ0v) is 15.5. The van der Waals surface area contributed by atoms with Crippen LogP contribution in [0.15, 0.2) is 54.6 Å². The summed E-state index contributed by atoms with van der Waals surface area (Å²) in [6.07, 6.45) is 2.11. The SMILES string of the molecule is O=C(NCCCN1CCCC1=O)C(=O)Nc1ccc(Oc2ccccc2)cc1. The summed E-state index contributed by atoms with van der Waals surface area (Å²) in [6, 6.07) is 16.1. The Morgan fingerprint density at radius 1 is 0.964 bits per heavy atom. The first kappa shape index (κ1) is 19.4. The molecule has 0 aliphatic carbocycles. The van der Waals surface area contributed by atoms with E-state index in [1.54, 1.807) is 29.2 Å². The molecule has 1 aliphatic rings. The van der Waals surface area contributed by atoms with Crippen LogP contribution in [0.4, 0.5) is 5.69 Å². The molecule has 7 heteroatoms. The summed E-state index contributed by atoms with van der Waals surface area (Å²) in [7, 11) is 0. The molecule has 3 rings (SSSR count). The van der Waals surface area contributed by atoms with Gasteiger partial charge in [-0.25, -0.2) is 0 Å². The van der Waals surface area contributed by atoms with Crippen molar-refractivity contribution in [1.82, 2.24) is 10.2 Å². The van der Waals surface area contributed by atoms with Crippen molar-refractivity contribution in [2.75, 3.05) is 25.0 Å². The average molecular weight is 381 g/mol. The van der Waals surface area contributed by atoms with Crippen LogP contribution in [0.3, 0.4) is 0 Å². The van der Waals surface area contributed by atoms with Crippen LogP contribution >= 0.6 is 0 Å². The largest absolute Gasteiger partial charge is 0.457 e. The minimum Gasteiger partial charge on any atom is -0.457 e. The highest BCUT2D eigenvalue weighted by atomic mass is 16.5. The molecule has 7 nitrogen and oxygen atoms in total. The number of nitrogens with zero attached hydrogens (tertiary/aromatic N) is 1. The molecule has 2 aromatic rings. The Morgan fingerprint density at radius 3 is 2.36 bits per heavy atom. The Morgan fingerprint density at radius 2 is 1.68 bits per heavy atom. The number of ether oxygens (including phenoxy) is 1. The van der Waals surface area contributed by atoms with Crippen molar-refractivity contribution >= 4 is 23.4 Å². The van der Waals surface area contributed by atoms with E-state index in [1.165, 1.54) is 0 Å². The second-order valence-electron chi connectivity index (χ2n) is 6.49. The molecular formula is C21H23N3O4. The van der Waals surface area contributed by atoms with E-state index in [0.29, 0.717) is 43.1 Å². The molecule has 0 aromatic heterocycles. The number of hydrogen-bond donors (Lipinski definition) is 2. The molecule has 28 heavy (non-hydrogen) atoms. The lowest BCUT2D eigenvalue weighted by Gasteiger charge is -2.15. The van der Waals surface area contributed by atoms with Gasteiger partial charge in [0.25, 0.3) is 0 Å². The van der Waals surface area contributed by atoms with Gasteiger partial charge in [-0.15, -0.1) is 0 Å². The minimum absolute atomic E-state index is 0.156. The average Bonchev–Trinajstić information content (AvgIpc) is 3.12. The molecular weight excluding hydrogens is 358 g/mol. The number of anilines is 1. The van der Waals surface area contributed by atoms with Gasteiger partial charge in [-0.1, -0.05) is 18.2 Å². The van der Waals surface area contributed by atoms with Gasteiger partial charge in [0.05, 0.1) is 0 Å². The smallest absolute Gasteiger partial charge is 0.313 e. The van der Waals surface area contributed by atoms with Gasteiger partial charge in [-0.05, 0) is 49.2 Å². The Balaban J connectivity index is 1.39. The highest BCUT2D eigenvalue weighted by molar-refractivity contribution is 6.39. The van der Waals surface area contributed by atoms with Crippen molar-refractivity contribution < 1.29 is 19.1 Å². The number of hydrogen-bond acceptors (Lipinski definition) is 4. The molecule has 0 atom stereocenters. The lowest BCUT2D eigenvalue weighted by atomic mass is 10.3. The molecule has 3 amide bonds. The molecule has 1 saturated heterocycles. The third-order valence-corrected chi connectivity index (χ3v) is 4.36. The zero-order chi connectivity index (χ0) is 19.8. The van der Waals surface area contributed by atoms with E-state index < -0.39 is 11.8 Å². The molecule has 1 heterocycles. The fourth-order valence-corrected chi connectivity index (χ4v) is 2.91. The lowest BCUT2D eigenvalue weighted by molar-refractivity contribution is -0.136. The van der Waals surface area contributed by atoms with Crippen LogP contribution in [0, 0.1) is 0 Å². The van der Waals surface area contributed by atoms with Crippen LogP contribution in [0.5, 0.6) is 11.5 Å². The van der Waals surface area contributed by atoms with Gasteiger partial charge < -0.3 is 20.3 Å². The number of nitrogens with one attached hydrogen (secondary N) is 2. The van der Waals surface area contributed by atoms with Crippen LogP contribution < -0.4 is 15.4 Å². The summed E-state index contributed by atoms with van der Waals surface area (Å²) >= 11 is 0. The quantitative estimate of drug-likeness (QED) is 0.570. The number of benzene rings is 2. The first-order valence-corrected chi connectivity index (χ1v) is 9.32.